The molecule has 1 spiro atoms. The number of β-amino-alcohol motifs (C(OH)–C–C–N with tert-alkyl or cyclic N) is 1. The van der Waals surface area contributed by atoms with Crippen LogP contribution in [0.2, 0.25) is 0 Å². The number of rotatable bonds is 2. The first kappa shape index (κ1) is 18.3. The third kappa shape index (κ3) is 3.49. The maximum absolute atomic E-state index is 10.6. The van der Waals surface area contributed by atoms with E-state index in [1.807, 2.05) is 24.5 Å². The molecule has 1 unspecified atom stereocenters. The number of aliphatic hydroxyl groups is 1. The second-order valence-corrected chi connectivity index (χ2v) is 8.82. The molecule has 6 heteroatoms. The molecule has 28 heavy (non-hydrogen) atoms. The highest BCUT2D eigenvalue weighted by Gasteiger charge is 2.43. The lowest BCUT2D eigenvalue weighted by molar-refractivity contribution is -0.0602. The zero-order valence-electron chi connectivity index (χ0n) is 16.5. The van der Waals surface area contributed by atoms with E-state index in [9.17, 15) is 5.11 Å². The molecular formula is C22H30N4O2. The van der Waals surface area contributed by atoms with E-state index in [-0.39, 0.29) is 11.5 Å². The van der Waals surface area contributed by atoms with Crippen molar-refractivity contribution in [1.29, 1.82) is 0 Å². The molecule has 0 aromatic carbocycles. The highest BCUT2D eigenvalue weighted by atomic mass is 16.5. The van der Waals surface area contributed by atoms with Gasteiger partial charge in [0, 0.05) is 63.2 Å². The minimum absolute atomic E-state index is 0.206. The number of piperidine rings is 2. The summed E-state index contributed by atoms with van der Waals surface area (Å²) in [7, 11) is 0. The Kier molecular flexibility index (Phi) is 4.95. The molecule has 3 fully saturated rings. The van der Waals surface area contributed by atoms with Crippen molar-refractivity contribution in [2.75, 3.05) is 44.3 Å². The Labute approximate surface area is 166 Å². The molecule has 150 valence electrons. The van der Waals surface area contributed by atoms with E-state index in [1.54, 1.807) is 0 Å². The Bertz CT molecular complexity index is 810. The summed E-state index contributed by atoms with van der Waals surface area (Å²) < 4.78 is 5.54. The van der Waals surface area contributed by atoms with Gasteiger partial charge >= 0.3 is 0 Å². The summed E-state index contributed by atoms with van der Waals surface area (Å²) in [5.74, 6) is 1.05. The Balaban J connectivity index is 1.31. The molecule has 3 aliphatic heterocycles. The largest absolute Gasteiger partial charge is 0.392 e. The normalized spacial score (nSPS) is 26.8. The van der Waals surface area contributed by atoms with Crippen LogP contribution in [0.3, 0.4) is 0 Å². The number of aromatic nitrogens is 2. The lowest BCUT2D eigenvalue weighted by Gasteiger charge is -2.51. The SMILES string of the molecule is OC1CN(C2CCOCC2)CC2(CCN(c3nccc4ncccc34)CC2)C1. The Morgan fingerprint density at radius 2 is 1.89 bits per heavy atom. The van der Waals surface area contributed by atoms with E-state index in [1.165, 1.54) is 0 Å². The number of nitrogens with zero attached hydrogens (tertiary/aromatic N) is 4. The molecule has 5 rings (SSSR count). The van der Waals surface area contributed by atoms with Crippen molar-refractivity contribution in [2.24, 2.45) is 5.41 Å². The number of pyridine rings is 2. The second kappa shape index (κ2) is 7.58. The summed E-state index contributed by atoms with van der Waals surface area (Å²) in [6, 6.07) is 6.66. The average Bonchev–Trinajstić information content (AvgIpc) is 2.74. The third-order valence-corrected chi connectivity index (χ3v) is 6.99. The van der Waals surface area contributed by atoms with Gasteiger partial charge in [0.25, 0.3) is 0 Å². The van der Waals surface area contributed by atoms with Crippen LogP contribution in [0.25, 0.3) is 10.9 Å². The first-order valence-electron chi connectivity index (χ1n) is 10.7. The predicted molar refractivity (Wildman–Crippen MR) is 109 cm³/mol. The Hall–Kier alpha value is -1.76. The van der Waals surface area contributed by atoms with Crippen LogP contribution in [-0.4, -0.2) is 71.5 Å². The number of fused-ring (bicyclic) bond motifs is 1. The molecule has 0 amide bonds. The van der Waals surface area contributed by atoms with Crippen LogP contribution >= 0.6 is 0 Å². The fraction of sp³-hybridized carbons (Fsp3) is 0.636. The van der Waals surface area contributed by atoms with Crippen molar-refractivity contribution in [2.45, 2.75) is 44.2 Å². The molecule has 1 atom stereocenters. The molecule has 0 bridgehead atoms. The van der Waals surface area contributed by atoms with Crippen LogP contribution in [0, 0.1) is 5.41 Å². The molecule has 1 N–H and O–H groups in total. The number of hydrogen-bond donors (Lipinski definition) is 1. The molecule has 3 saturated heterocycles. The van der Waals surface area contributed by atoms with Gasteiger partial charge in [0.15, 0.2) is 0 Å². The summed E-state index contributed by atoms with van der Waals surface area (Å²) >= 11 is 0. The fourth-order valence-electron chi connectivity index (χ4n) is 5.52. The van der Waals surface area contributed by atoms with Gasteiger partial charge in [0.05, 0.1) is 11.6 Å². The minimum atomic E-state index is -0.206. The number of aliphatic hydroxyl groups excluding tert-OH is 1. The quantitative estimate of drug-likeness (QED) is 0.861. The average molecular weight is 383 g/mol. The monoisotopic (exact) mass is 382 g/mol. The van der Waals surface area contributed by atoms with Crippen LogP contribution in [-0.2, 0) is 4.74 Å². The summed E-state index contributed by atoms with van der Waals surface area (Å²) in [6.07, 6.45) is 8.86. The molecule has 2 aromatic rings. The van der Waals surface area contributed by atoms with Crippen LogP contribution < -0.4 is 4.90 Å². The summed E-state index contributed by atoms with van der Waals surface area (Å²) in [6.45, 7) is 5.65. The first-order valence-corrected chi connectivity index (χ1v) is 10.7. The van der Waals surface area contributed by atoms with Crippen molar-refractivity contribution in [3.8, 4) is 0 Å². The van der Waals surface area contributed by atoms with Crippen LogP contribution in [0.15, 0.2) is 30.6 Å². The number of likely N-dealkylation sites (tertiary alicyclic amines) is 1. The van der Waals surface area contributed by atoms with Gasteiger partial charge in [-0.1, -0.05) is 0 Å². The second-order valence-electron chi connectivity index (χ2n) is 8.82. The fourth-order valence-corrected chi connectivity index (χ4v) is 5.52. The van der Waals surface area contributed by atoms with Gasteiger partial charge in [0.2, 0.25) is 0 Å². The Morgan fingerprint density at radius 3 is 2.71 bits per heavy atom. The minimum Gasteiger partial charge on any atom is -0.392 e. The number of hydrogen-bond acceptors (Lipinski definition) is 6. The van der Waals surface area contributed by atoms with E-state index in [2.05, 4.69) is 25.8 Å². The van der Waals surface area contributed by atoms with Crippen molar-refractivity contribution in [3.05, 3.63) is 30.6 Å². The van der Waals surface area contributed by atoms with E-state index in [0.717, 1.165) is 88.2 Å². The summed E-state index contributed by atoms with van der Waals surface area (Å²) in [4.78, 5) is 14.1. The standard InChI is InChI=1S/C22H30N4O2/c27-18-14-22(16-26(15-18)17-4-12-28-13-5-17)6-10-25(11-7-22)21-19-2-1-8-23-20(19)3-9-24-21/h1-3,8-9,17-18,27H,4-7,10-16H2. The summed E-state index contributed by atoms with van der Waals surface area (Å²) in [5, 5.41) is 11.8. The van der Waals surface area contributed by atoms with Crippen molar-refractivity contribution in [1.82, 2.24) is 14.9 Å². The summed E-state index contributed by atoms with van der Waals surface area (Å²) in [5.41, 5.74) is 1.24. The molecular weight excluding hydrogens is 352 g/mol. The van der Waals surface area contributed by atoms with Gasteiger partial charge in [-0.15, -0.1) is 0 Å². The van der Waals surface area contributed by atoms with E-state index < -0.39 is 0 Å². The first-order chi connectivity index (χ1) is 13.7. The number of ether oxygens (including phenoxy) is 1. The third-order valence-electron chi connectivity index (χ3n) is 6.99. The molecule has 0 aliphatic carbocycles. The number of anilines is 1. The molecule has 5 heterocycles. The maximum Gasteiger partial charge on any atom is 0.137 e. The van der Waals surface area contributed by atoms with Crippen molar-refractivity contribution >= 4 is 16.7 Å². The molecule has 0 saturated carbocycles. The van der Waals surface area contributed by atoms with Crippen LogP contribution in [0.4, 0.5) is 5.82 Å². The van der Waals surface area contributed by atoms with Gasteiger partial charge in [-0.05, 0) is 55.7 Å². The highest BCUT2D eigenvalue weighted by Crippen LogP contribution is 2.42. The molecule has 6 nitrogen and oxygen atoms in total. The molecule has 3 aliphatic rings. The van der Waals surface area contributed by atoms with Gasteiger partial charge in [-0.25, -0.2) is 4.98 Å². The molecule has 2 aromatic heterocycles. The van der Waals surface area contributed by atoms with Crippen LogP contribution in [0.5, 0.6) is 0 Å². The lowest BCUT2D eigenvalue weighted by atomic mass is 9.71. The van der Waals surface area contributed by atoms with Crippen LogP contribution in [0.1, 0.15) is 32.1 Å². The lowest BCUT2D eigenvalue weighted by Crippen LogP contribution is -2.57. The highest BCUT2D eigenvalue weighted by molar-refractivity contribution is 5.89. The van der Waals surface area contributed by atoms with Gasteiger partial charge in [-0.3, -0.25) is 9.88 Å². The maximum atomic E-state index is 10.6. The smallest absolute Gasteiger partial charge is 0.137 e. The van der Waals surface area contributed by atoms with Crippen molar-refractivity contribution in [3.63, 3.8) is 0 Å². The van der Waals surface area contributed by atoms with E-state index >= 15 is 0 Å². The zero-order chi connectivity index (χ0) is 19.0. The Morgan fingerprint density at radius 1 is 1.07 bits per heavy atom. The van der Waals surface area contributed by atoms with Gasteiger partial charge < -0.3 is 14.7 Å². The van der Waals surface area contributed by atoms with Crippen molar-refractivity contribution < 1.29 is 9.84 Å². The van der Waals surface area contributed by atoms with E-state index in [0.29, 0.717) is 6.04 Å². The zero-order valence-corrected chi connectivity index (χ0v) is 16.5. The topological polar surface area (TPSA) is 61.7 Å². The predicted octanol–water partition coefficient (Wildman–Crippen LogP) is 2.46. The van der Waals surface area contributed by atoms with Gasteiger partial charge in [-0.2, -0.15) is 0 Å². The molecule has 0 radical (unpaired) electrons. The van der Waals surface area contributed by atoms with Gasteiger partial charge in [0.1, 0.15) is 5.82 Å². The van der Waals surface area contributed by atoms with E-state index in [4.69, 9.17) is 4.74 Å².